The fourth-order valence-corrected chi connectivity index (χ4v) is 3.41. The normalized spacial score (nSPS) is 12.1. The third kappa shape index (κ3) is 4.16. The number of imidazole rings is 1. The van der Waals surface area contributed by atoms with Crippen LogP contribution in [-0.4, -0.2) is 25.1 Å². The Labute approximate surface area is 168 Å². The average Bonchev–Trinajstić information content (AvgIpc) is 3.38. The number of nitro groups is 1. The van der Waals surface area contributed by atoms with Crippen molar-refractivity contribution in [3.05, 3.63) is 76.6 Å². The molecule has 10 heteroatoms. The first-order valence-electron chi connectivity index (χ1n) is 8.55. The number of hydrogen-bond acceptors (Lipinski definition) is 7. The Morgan fingerprint density at radius 3 is 2.48 bits per heavy atom. The highest BCUT2D eigenvalue weighted by molar-refractivity contribution is 7.99. The van der Waals surface area contributed by atoms with Gasteiger partial charge in [-0.15, -0.1) is 10.2 Å². The second-order valence-electron chi connectivity index (χ2n) is 6.12. The van der Waals surface area contributed by atoms with E-state index in [0.29, 0.717) is 16.6 Å². The molecule has 0 aliphatic rings. The van der Waals surface area contributed by atoms with Crippen molar-refractivity contribution in [2.45, 2.75) is 17.3 Å². The predicted molar refractivity (Wildman–Crippen MR) is 105 cm³/mol. The lowest BCUT2D eigenvalue weighted by atomic mass is 10.2. The zero-order valence-electron chi connectivity index (χ0n) is 15.1. The molecule has 0 radical (unpaired) electrons. The average molecular weight is 411 g/mol. The van der Waals surface area contributed by atoms with E-state index in [1.54, 1.807) is 30.5 Å². The quantitative estimate of drug-likeness (QED) is 0.269. The number of nitrogens with one attached hydrogen (secondary N) is 1. The molecule has 2 aromatic heterocycles. The van der Waals surface area contributed by atoms with Crippen molar-refractivity contribution in [1.82, 2.24) is 20.2 Å². The van der Waals surface area contributed by atoms with E-state index in [2.05, 4.69) is 20.2 Å². The number of nitro benzene ring substituents is 1. The smallest absolute Gasteiger partial charge is 0.269 e. The van der Waals surface area contributed by atoms with Gasteiger partial charge in [0.05, 0.1) is 22.1 Å². The van der Waals surface area contributed by atoms with Gasteiger partial charge in [-0.3, -0.25) is 10.1 Å². The summed E-state index contributed by atoms with van der Waals surface area (Å²) < 4.78 is 18.8. The lowest BCUT2D eigenvalue weighted by Gasteiger charge is -2.03. The Morgan fingerprint density at radius 2 is 1.79 bits per heavy atom. The van der Waals surface area contributed by atoms with Gasteiger partial charge in [-0.2, -0.15) is 0 Å². The van der Waals surface area contributed by atoms with Crippen molar-refractivity contribution < 1.29 is 13.7 Å². The van der Waals surface area contributed by atoms with Gasteiger partial charge in [-0.1, -0.05) is 11.8 Å². The second kappa shape index (κ2) is 7.84. The summed E-state index contributed by atoms with van der Waals surface area (Å²) in [5.74, 6) is 0.397. The van der Waals surface area contributed by atoms with Crippen LogP contribution in [0.3, 0.4) is 0 Å². The summed E-state index contributed by atoms with van der Waals surface area (Å²) in [4.78, 5) is 17.8. The highest BCUT2D eigenvalue weighted by Crippen LogP contribution is 2.34. The molecule has 4 aromatic rings. The molecular formula is C19H14FN5O3S. The fourth-order valence-electron chi connectivity index (χ4n) is 2.60. The lowest BCUT2D eigenvalue weighted by Crippen LogP contribution is -1.89. The van der Waals surface area contributed by atoms with Gasteiger partial charge in [-0.25, -0.2) is 9.37 Å². The molecule has 0 amide bonds. The van der Waals surface area contributed by atoms with E-state index in [1.807, 2.05) is 6.92 Å². The van der Waals surface area contributed by atoms with Crippen LogP contribution >= 0.6 is 11.8 Å². The molecule has 1 unspecified atom stereocenters. The largest absolute Gasteiger partial charge is 0.419 e. The number of benzene rings is 2. The first-order chi connectivity index (χ1) is 14.0. The van der Waals surface area contributed by atoms with E-state index in [1.165, 1.54) is 36.0 Å². The van der Waals surface area contributed by atoms with Gasteiger partial charge in [0.2, 0.25) is 11.8 Å². The molecule has 2 heterocycles. The van der Waals surface area contributed by atoms with Gasteiger partial charge < -0.3 is 9.40 Å². The first-order valence-corrected chi connectivity index (χ1v) is 9.43. The molecule has 146 valence electrons. The summed E-state index contributed by atoms with van der Waals surface area (Å²) in [5.41, 5.74) is 2.20. The van der Waals surface area contributed by atoms with Gasteiger partial charge in [-0.05, 0) is 48.9 Å². The van der Waals surface area contributed by atoms with Crippen LogP contribution < -0.4 is 0 Å². The zero-order chi connectivity index (χ0) is 20.4. The molecule has 0 bridgehead atoms. The van der Waals surface area contributed by atoms with E-state index in [9.17, 15) is 14.5 Å². The predicted octanol–water partition coefficient (Wildman–Crippen LogP) is 5.03. The summed E-state index contributed by atoms with van der Waals surface area (Å²) >= 11 is 1.40. The van der Waals surface area contributed by atoms with Crippen LogP contribution in [0.5, 0.6) is 0 Å². The minimum absolute atomic E-state index is 0.00723. The maximum absolute atomic E-state index is 13.1. The van der Waals surface area contributed by atoms with Crippen molar-refractivity contribution in [2.24, 2.45) is 0 Å². The fraction of sp³-hybridized carbons (Fsp3) is 0.105. The number of hydrogen-bond donors (Lipinski definition) is 1. The van der Waals surface area contributed by atoms with Gasteiger partial charge in [0.25, 0.3) is 5.69 Å². The monoisotopic (exact) mass is 411 g/mol. The number of H-pyrrole nitrogens is 1. The Morgan fingerprint density at radius 1 is 1.10 bits per heavy atom. The molecule has 0 fully saturated rings. The third-order valence-electron chi connectivity index (χ3n) is 4.11. The van der Waals surface area contributed by atoms with Gasteiger partial charge in [0.1, 0.15) is 5.82 Å². The Hall–Kier alpha value is -3.53. The highest BCUT2D eigenvalue weighted by atomic mass is 32.2. The lowest BCUT2D eigenvalue weighted by molar-refractivity contribution is -0.384. The minimum atomic E-state index is -0.467. The number of rotatable bonds is 6. The van der Waals surface area contributed by atoms with E-state index in [4.69, 9.17) is 4.42 Å². The topological polar surface area (TPSA) is 111 Å². The number of aromatic nitrogens is 4. The molecule has 29 heavy (non-hydrogen) atoms. The SMILES string of the molecule is CC(Sc1ncc(-c2ccc(F)cc2)[nH]1)c1nnc(-c2ccc([N+](=O)[O-])cc2)o1. The van der Waals surface area contributed by atoms with Crippen molar-refractivity contribution in [3.8, 4) is 22.7 Å². The summed E-state index contributed by atoms with van der Waals surface area (Å²) in [6.45, 7) is 1.90. The third-order valence-corrected chi connectivity index (χ3v) is 5.10. The number of non-ortho nitro benzene ring substituents is 1. The first kappa shape index (κ1) is 18.8. The molecule has 0 aliphatic heterocycles. The standard InChI is InChI=1S/C19H14FN5O3S/c1-11(29-19-21-10-16(22-19)12-2-6-14(20)7-3-12)17-23-24-18(28-17)13-4-8-15(9-5-13)25(26)27/h2-11H,1H3,(H,21,22). The van der Waals surface area contributed by atoms with E-state index >= 15 is 0 Å². The summed E-state index contributed by atoms with van der Waals surface area (Å²) in [6, 6.07) is 12.0. The van der Waals surface area contributed by atoms with Crippen molar-refractivity contribution >= 4 is 17.4 Å². The maximum atomic E-state index is 13.1. The molecule has 0 saturated heterocycles. The Bertz CT molecular complexity index is 1140. The molecule has 8 nitrogen and oxygen atoms in total. The van der Waals surface area contributed by atoms with Crippen LogP contribution in [0.25, 0.3) is 22.7 Å². The summed E-state index contributed by atoms with van der Waals surface area (Å²) in [5, 5.41) is 19.3. The molecule has 0 aliphatic carbocycles. The zero-order valence-corrected chi connectivity index (χ0v) is 15.9. The number of aromatic amines is 1. The summed E-state index contributed by atoms with van der Waals surface area (Å²) in [7, 11) is 0. The molecule has 1 N–H and O–H groups in total. The maximum Gasteiger partial charge on any atom is 0.269 e. The Balaban J connectivity index is 1.46. The van der Waals surface area contributed by atoms with Crippen molar-refractivity contribution in [3.63, 3.8) is 0 Å². The molecular weight excluding hydrogens is 397 g/mol. The van der Waals surface area contributed by atoms with Crippen LogP contribution in [0, 0.1) is 15.9 Å². The second-order valence-corrected chi connectivity index (χ2v) is 7.45. The van der Waals surface area contributed by atoms with E-state index in [-0.39, 0.29) is 22.6 Å². The van der Waals surface area contributed by atoms with Gasteiger partial charge in [0.15, 0.2) is 5.16 Å². The van der Waals surface area contributed by atoms with Crippen LogP contribution in [0.1, 0.15) is 18.1 Å². The van der Waals surface area contributed by atoms with Gasteiger partial charge in [0, 0.05) is 17.7 Å². The molecule has 0 spiro atoms. The minimum Gasteiger partial charge on any atom is -0.419 e. The van der Waals surface area contributed by atoms with Crippen molar-refractivity contribution in [2.75, 3.05) is 0 Å². The highest BCUT2D eigenvalue weighted by Gasteiger charge is 2.18. The van der Waals surface area contributed by atoms with Crippen LogP contribution in [-0.2, 0) is 0 Å². The number of thioether (sulfide) groups is 1. The number of halogens is 1. The van der Waals surface area contributed by atoms with Crippen LogP contribution in [0.15, 0.2) is 64.3 Å². The molecule has 0 saturated carbocycles. The van der Waals surface area contributed by atoms with E-state index in [0.717, 1.165) is 11.3 Å². The molecule has 2 aromatic carbocycles. The van der Waals surface area contributed by atoms with Gasteiger partial charge >= 0.3 is 0 Å². The number of nitrogens with zero attached hydrogens (tertiary/aromatic N) is 4. The molecule has 1 atom stereocenters. The van der Waals surface area contributed by atoms with E-state index < -0.39 is 4.92 Å². The van der Waals surface area contributed by atoms with Crippen LogP contribution in [0.4, 0.5) is 10.1 Å². The van der Waals surface area contributed by atoms with Crippen molar-refractivity contribution in [1.29, 1.82) is 0 Å². The van der Waals surface area contributed by atoms with Crippen LogP contribution in [0.2, 0.25) is 0 Å². The Kier molecular flexibility index (Phi) is 5.09. The molecule has 4 rings (SSSR count). The summed E-state index contributed by atoms with van der Waals surface area (Å²) in [6.07, 6.45) is 1.68.